The van der Waals surface area contributed by atoms with Crippen molar-refractivity contribution in [3.63, 3.8) is 0 Å². The van der Waals surface area contributed by atoms with Crippen molar-refractivity contribution in [1.82, 2.24) is 19.5 Å². The molecule has 0 N–H and O–H groups in total. The maximum atomic E-state index is 5.37. The Kier molecular flexibility index (Phi) is 5.67. The van der Waals surface area contributed by atoms with Gasteiger partial charge in [-0.1, -0.05) is 46.7 Å². The monoisotopic (exact) mass is 322 g/mol. The van der Waals surface area contributed by atoms with Crippen molar-refractivity contribution in [2.75, 3.05) is 0 Å². The fraction of sp³-hybridized carbons (Fsp3) is 0.750. The molecule has 0 aliphatic carbocycles. The lowest BCUT2D eigenvalue weighted by Crippen LogP contribution is -2.01. The Morgan fingerprint density at radius 2 is 1.55 bits per heavy atom. The molecule has 0 fully saturated rings. The maximum absolute atomic E-state index is 5.37. The Labute approximate surface area is 136 Å². The molecule has 0 saturated heterocycles. The molecular formula is C16H26N4OS. The van der Waals surface area contributed by atoms with Crippen LogP contribution in [0, 0.1) is 0 Å². The van der Waals surface area contributed by atoms with Gasteiger partial charge in [0.05, 0.1) is 0 Å². The summed E-state index contributed by atoms with van der Waals surface area (Å²) in [6.07, 6.45) is 2.02. The fourth-order valence-electron chi connectivity index (χ4n) is 2.12. The van der Waals surface area contributed by atoms with Gasteiger partial charge in [-0.15, -0.1) is 0 Å². The van der Waals surface area contributed by atoms with E-state index in [2.05, 4.69) is 61.0 Å². The van der Waals surface area contributed by atoms with Crippen LogP contribution in [0.3, 0.4) is 0 Å². The highest BCUT2D eigenvalue weighted by atomic mass is 32.1. The first-order chi connectivity index (χ1) is 10.4. The highest BCUT2D eigenvalue weighted by Crippen LogP contribution is 2.28. The van der Waals surface area contributed by atoms with E-state index in [0.29, 0.717) is 17.8 Å². The molecule has 0 amide bonds. The molecule has 0 aliphatic rings. The highest BCUT2D eigenvalue weighted by Gasteiger charge is 2.19. The summed E-state index contributed by atoms with van der Waals surface area (Å²) in [6, 6.07) is 0. The second-order valence-corrected chi connectivity index (χ2v) is 7.45. The van der Waals surface area contributed by atoms with E-state index >= 15 is 0 Å². The number of rotatable bonds is 7. The molecule has 2 rings (SSSR count). The van der Waals surface area contributed by atoms with Gasteiger partial charge in [0.1, 0.15) is 10.8 Å². The lowest BCUT2D eigenvalue weighted by Gasteiger charge is -2.10. The first kappa shape index (κ1) is 17.1. The number of hydrogen-bond acceptors (Lipinski definition) is 6. The van der Waals surface area contributed by atoms with Gasteiger partial charge in [0.2, 0.25) is 5.89 Å². The number of aromatic nitrogens is 4. The van der Waals surface area contributed by atoms with Crippen molar-refractivity contribution in [1.29, 1.82) is 0 Å². The van der Waals surface area contributed by atoms with Crippen LogP contribution in [-0.4, -0.2) is 19.5 Å². The lowest BCUT2D eigenvalue weighted by molar-refractivity contribution is 0.344. The first-order valence-electron chi connectivity index (χ1n) is 8.05. The number of hydrogen-bond donors (Lipinski definition) is 0. The molecule has 122 valence electrons. The summed E-state index contributed by atoms with van der Waals surface area (Å²) >= 11 is 1.52. The maximum Gasteiger partial charge on any atom is 0.229 e. The summed E-state index contributed by atoms with van der Waals surface area (Å²) in [7, 11) is 0. The minimum absolute atomic E-state index is 0.269. The van der Waals surface area contributed by atoms with Crippen LogP contribution in [0.25, 0.3) is 0 Å². The minimum atomic E-state index is 0.269. The normalized spacial score (nSPS) is 14.7. The average molecular weight is 322 g/mol. The molecule has 2 aromatic rings. The van der Waals surface area contributed by atoms with Crippen LogP contribution in [0.2, 0.25) is 0 Å². The van der Waals surface area contributed by atoms with Crippen LogP contribution in [0.4, 0.5) is 0 Å². The number of nitrogens with zero attached hydrogens (tertiary/aromatic N) is 4. The first-order valence-corrected chi connectivity index (χ1v) is 8.82. The van der Waals surface area contributed by atoms with Crippen molar-refractivity contribution < 1.29 is 4.52 Å². The Morgan fingerprint density at radius 1 is 0.864 bits per heavy atom. The third-order valence-corrected chi connectivity index (χ3v) is 4.85. The van der Waals surface area contributed by atoms with E-state index in [4.69, 9.17) is 4.52 Å². The van der Waals surface area contributed by atoms with Crippen LogP contribution < -0.4 is 0 Å². The second-order valence-electron chi connectivity index (χ2n) is 6.67. The van der Waals surface area contributed by atoms with E-state index < -0.39 is 0 Å². The molecule has 0 bridgehead atoms. The zero-order chi connectivity index (χ0) is 16.3. The standard InChI is InChI=1S/C16H26N4OS/c1-9(2)13-17-15(21-19-13)12(6)8-7-11(5)14-18-16(10(3)4)22-20-14/h9-12H,7-8H2,1-6H3. The zero-order valence-electron chi connectivity index (χ0n) is 14.3. The molecule has 5 nitrogen and oxygen atoms in total. The molecule has 2 atom stereocenters. The van der Waals surface area contributed by atoms with Gasteiger partial charge in [0.15, 0.2) is 5.82 Å². The summed E-state index contributed by atoms with van der Waals surface area (Å²) in [4.78, 5) is 9.12. The van der Waals surface area contributed by atoms with E-state index in [1.165, 1.54) is 11.5 Å². The lowest BCUT2D eigenvalue weighted by atomic mass is 9.97. The summed E-state index contributed by atoms with van der Waals surface area (Å²) in [5, 5.41) is 5.15. The third-order valence-electron chi connectivity index (χ3n) is 3.82. The largest absolute Gasteiger partial charge is 0.339 e. The van der Waals surface area contributed by atoms with Crippen molar-refractivity contribution in [2.45, 2.75) is 78.1 Å². The van der Waals surface area contributed by atoms with Crippen molar-refractivity contribution >= 4 is 11.5 Å². The Morgan fingerprint density at radius 3 is 2.09 bits per heavy atom. The molecule has 2 aromatic heterocycles. The van der Waals surface area contributed by atoms with Crippen LogP contribution in [-0.2, 0) is 0 Å². The van der Waals surface area contributed by atoms with Gasteiger partial charge >= 0.3 is 0 Å². The van der Waals surface area contributed by atoms with Gasteiger partial charge in [-0.3, -0.25) is 0 Å². The second kappa shape index (κ2) is 7.31. The molecule has 0 aromatic carbocycles. The van der Waals surface area contributed by atoms with Crippen molar-refractivity contribution in [2.24, 2.45) is 0 Å². The Bertz CT molecular complexity index is 538. The van der Waals surface area contributed by atoms with Gasteiger partial charge in [0, 0.05) is 23.7 Å². The predicted molar refractivity (Wildman–Crippen MR) is 88.4 cm³/mol. The summed E-state index contributed by atoms with van der Waals surface area (Å²) < 4.78 is 9.87. The fourth-order valence-corrected chi connectivity index (χ4v) is 2.87. The molecule has 6 heteroatoms. The van der Waals surface area contributed by atoms with Gasteiger partial charge in [-0.05, 0) is 24.4 Å². The van der Waals surface area contributed by atoms with E-state index in [-0.39, 0.29) is 5.92 Å². The average Bonchev–Trinajstić information content (AvgIpc) is 3.12. The zero-order valence-corrected chi connectivity index (χ0v) is 15.1. The van der Waals surface area contributed by atoms with E-state index in [9.17, 15) is 0 Å². The van der Waals surface area contributed by atoms with E-state index in [0.717, 1.165) is 35.4 Å². The molecule has 0 spiro atoms. The molecular weight excluding hydrogens is 296 g/mol. The minimum Gasteiger partial charge on any atom is -0.339 e. The molecule has 0 aliphatic heterocycles. The SMILES string of the molecule is CC(C)c1noc(C(C)CCC(C)c2nsc(C(C)C)n2)n1. The Balaban J connectivity index is 1.90. The van der Waals surface area contributed by atoms with Crippen molar-refractivity contribution in [3.05, 3.63) is 22.5 Å². The molecule has 2 unspecified atom stereocenters. The Hall–Kier alpha value is -1.30. The predicted octanol–water partition coefficient (Wildman–Crippen LogP) is 4.86. The third kappa shape index (κ3) is 4.12. The quantitative estimate of drug-likeness (QED) is 0.728. The van der Waals surface area contributed by atoms with Crippen LogP contribution in [0.15, 0.2) is 4.52 Å². The molecule has 0 radical (unpaired) electrons. The molecule has 2 heterocycles. The summed E-state index contributed by atoms with van der Waals surface area (Å²) in [5.74, 6) is 3.88. The van der Waals surface area contributed by atoms with Crippen LogP contribution >= 0.6 is 11.5 Å². The molecule has 22 heavy (non-hydrogen) atoms. The van der Waals surface area contributed by atoms with Gasteiger partial charge in [-0.2, -0.15) is 9.36 Å². The van der Waals surface area contributed by atoms with E-state index in [1.807, 2.05) is 0 Å². The summed E-state index contributed by atoms with van der Waals surface area (Å²) in [5.41, 5.74) is 0. The van der Waals surface area contributed by atoms with Gasteiger partial charge < -0.3 is 4.52 Å². The topological polar surface area (TPSA) is 64.7 Å². The van der Waals surface area contributed by atoms with E-state index in [1.54, 1.807) is 0 Å². The van der Waals surface area contributed by atoms with Gasteiger partial charge in [-0.25, -0.2) is 4.98 Å². The van der Waals surface area contributed by atoms with Crippen LogP contribution in [0.1, 0.15) is 101 Å². The summed E-state index contributed by atoms with van der Waals surface area (Å²) in [6.45, 7) is 12.8. The smallest absolute Gasteiger partial charge is 0.229 e. The molecule has 0 saturated carbocycles. The van der Waals surface area contributed by atoms with Crippen LogP contribution in [0.5, 0.6) is 0 Å². The highest BCUT2D eigenvalue weighted by molar-refractivity contribution is 7.05. The van der Waals surface area contributed by atoms with Crippen molar-refractivity contribution in [3.8, 4) is 0 Å². The van der Waals surface area contributed by atoms with Gasteiger partial charge in [0.25, 0.3) is 0 Å².